The van der Waals surface area contributed by atoms with Gasteiger partial charge in [-0.15, -0.1) is 0 Å². The van der Waals surface area contributed by atoms with E-state index < -0.39 is 5.97 Å². The molecule has 0 spiro atoms. The maximum absolute atomic E-state index is 11.2. The van der Waals surface area contributed by atoms with E-state index in [2.05, 4.69) is 5.32 Å². The summed E-state index contributed by atoms with van der Waals surface area (Å²) in [7, 11) is 0. The van der Waals surface area contributed by atoms with Crippen molar-refractivity contribution in [2.75, 3.05) is 5.32 Å². The summed E-state index contributed by atoms with van der Waals surface area (Å²) in [6, 6.07) is 5.81. The summed E-state index contributed by atoms with van der Waals surface area (Å²) >= 11 is 0. The van der Waals surface area contributed by atoms with Gasteiger partial charge >= 0.3 is 5.97 Å². The van der Waals surface area contributed by atoms with Crippen molar-refractivity contribution in [2.24, 2.45) is 0 Å². The second-order valence-electron chi connectivity index (χ2n) is 3.14. The lowest BCUT2D eigenvalue weighted by atomic mass is 10.2. The number of aldehydes is 1. The van der Waals surface area contributed by atoms with Crippen LogP contribution in [0.3, 0.4) is 0 Å². The van der Waals surface area contributed by atoms with Gasteiger partial charge in [0.15, 0.2) is 0 Å². The number of carboxylic acids is 1. The predicted octanol–water partition coefficient (Wildman–Crippen LogP) is 1.30. The minimum atomic E-state index is -1.01. The molecule has 0 unspecified atom stereocenters. The molecule has 1 aromatic carbocycles. The number of benzene rings is 1. The first kappa shape index (κ1) is 11.9. The molecule has 5 heteroatoms. The van der Waals surface area contributed by atoms with Gasteiger partial charge in [-0.1, -0.05) is 0 Å². The second-order valence-corrected chi connectivity index (χ2v) is 3.14. The Hall–Kier alpha value is -2.17. The minimum absolute atomic E-state index is 0.129. The molecular formula is C11H11NO4. The van der Waals surface area contributed by atoms with Crippen molar-refractivity contribution in [3.05, 3.63) is 29.8 Å². The van der Waals surface area contributed by atoms with E-state index in [0.717, 1.165) is 0 Å². The third kappa shape index (κ3) is 3.53. The number of amides is 1. The van der Waals surface area contributed by atoms with Crippen LogP contribution in [0.15, 0.2) is 24.3 Å². The molecule has 0 aromatic heterocycles. The van der Waals surface area contributed by atoms with Crippen LogP contribution < -0.4 is 5.32 Å². The van der Waals surface area contributed by atoms with E-state index in [-0.39, 0.29) is 24.3 Å². The van der Waals surface area contributed by atoms with Crippen LogP contribution in [0.1, 0.15) is 23.2 Å². The van der Waals surface area contributed by atoms with Gasteiger partial charge in [-0.05, 0) is 24.3 Å². The molecule has 1 aromatic rings. The first-order valence-electron chi connectivity index (χ1n) is 4.70. The number of hydrogen-bond donors (Lipinski definition) is 2. The number of rotatable bonds is 5. The summed E-state index contributed by atoms with van der Waals surface area (Å²) in [6.07, 6.45) is 0.982. The monoisotopic (exact) mass is 221 g/mol. The van der Waals surface area contributed by atoms with Gasteiger partial charge in [-0.25, -0.2) is 4.79 Å². The zero-order valence-electron chi connectivity index (χ0n) is 8.47. The normalized spacial score (nSPS) is 9.50. The molecule has 1 amide bonds. The van der Waals surface area contributed by atoms with Gasteiger partial charge in [0, 0.05) is 18.5 Å². The van der Waals surface area contributed by atoms with Gasteiger partial charge in [-0.2, -0.15) is 0 Å². The molecule has 5 nitrogen and oxygen atoms in total. The van der Waals surface area contributed by atoms with Crippen LogP contribution in [0.5, 0.6) is 0 Å². The van der Waals surface area contributed by atoms with Crippen LogP contribution in [0.2, 0.25) is 0 Å². The van der Waals surface area contributed by atoms with E-state index in [4.69, 9.17) is 5.11 Å². The quantitative estimate of drug-likeness (QED) is 0.734. The van der Waals surface area contributed by atoms with E-state index in [1.165, 1.54) is 24.3 Å². The molecule has 2 N–H and O–H groups in total. The zero-order valence-corrected chi connectivity index (χ0v) is 8.47. The average Bonchev–Trinajstić information content (AvgIpc) is 2.27. The fraction of sp³-hybridized carbons (Fsp3) is 0.182. The Morgan fingerprint density at radius 1 is 1.25 bits per heavy atom. The molecule has 84 valence electrons. The topological polar surface area (TPSA) is 83.5 Å². The van der Waals surface area contributed by atoms with Crippen molar-refractivity contribution in [3.63, 3.8) is 0 Å². The molecule has 1 rings (SSSR count). The molecule has 0 saturated heterocycles. The maximum atomic E-state index is 11.2. The highest BCUT2D eigenvalue weighted by Crippen LogP contribution is 2.09. The number of anilines is 1. The van der Waals surface area contributed by atoms with Crippen LogP contribution in [-0.2, 0) is 9.59 Å². The average molecular weight is 221 g/mol. The van der Waals surface area contributed by atoms with Gasteiger partial charge in [-0.3, -0.25) is 4.79 Å². The Kier molecular flexibility index (Phi) is 4.20. The van der Waals surface area contributed by atoms with Gasteiger partial charge in [0.25, 0.3) is 0 Å². The molecule has 0 fully saturated rings. The highest BCUT2D eigenvalue weighted by molar-refractivity contribution is 5.93. The number of carboxylic acid groups (broad SMARTS) is 1. The lowest BCUT2D eigenvalue weighted by Crippen LogP contribution is -2.11. The first-order chi connectivity index (χ1) is 7.63. The largest absolute Gasteiger partial charge is 0.478 e. The Labute approximate surface area is 92.1 Å². The molecule has 0 radical (unpaired) electrons. The standard InChI is InChI=1S/C11H11NO4/c13-7-1-2-10(14)12-9-5-3-8(4-6-9)11(15)16/h3-7H,1-2H2,(H,12,14)(H,15,16). The van der Waals surface area contributed by atoms with Gasteiger partial charge in [0.2, 0.25) is 5.91 Å². The molecule has 0 atom stereocenters. The summed E-state index contributed by atoms with van der Waals surface area (Å²) < 4.78 is 0. The van der Waals surface area contributed by atoms with E-state index in [1.807, 2.05) is 0 Å². The lowest BCUT2D eigenvalue weighted by molar-refractivity contribution is -0.118. The third-order valence-electron chi connectivity index (χ3n) is 1.90. The van der Waals surface area contributed by atoms with Crippen molar-refractivity contribution in [1.29, 1.82) is 0 Å². The summed E-state index contributed by atoms with van der Waals surface area (Å²) in [5, 5.41) is 11.2. The third-order valence-corrected chi connectivity index (χ3v) is 1.90. The van der Waals surface area contributed by atoms with Gasteiger partial charge < -0.3 is 15.2 Å². The molecule has 0 aliphatic carbocycles. The number of carbonyl (C=O) groups is 3. The molecule has 0 aliphatic heterocycles. The van der Waals surface area contributed by atoms with Crippen molar-refractivity contribution in [3.8, 4) is 0 Å². The fourth-order valence-corrected chi connectivity index (χ4v) is 1.11. The first-order valence-corrected chi connectivity index (χ1v) is 4.70. The second kappa shape index (κ2) is 5.65. The van der Waals surface area contributed by atoms with Crippen LogP contribution in [0, 0.1) is 0 Å². The summed E-state index contributed by atoms with van der Waals surface area (Å²) in [6.45, 7) is 0. The van der Waals surface area contributed by atoms with Crippen molar-refractivity contribution in [2.45, 2.75) is 12.8 Å². The van der Waals surface area contributed by atoms with Crippen LogP contribution in [-0.4, -0.2) is 23.3 Å². The smallest absolute Gasteiger partial charge is 0.335 e. The van der Waals surface area contributed by atoms with Crippen LogP contribution in [0.25, 0.3) is 0 Å². The lowest BCUT2D eigenvalue weighted by Gasteiger charge is -2.03. The highest BCUT2D eigenvalue weighted by atomic mass is 16.4. The van der Waals surface area contributed by atoms with Crippen LogP contribution >= 0.6 is 0 Å². The Morgan fingerprint density at radius 2 is 1.88 bits per heavy atom. The Balaban J connectivity index is 2.58. The van der Waals surface area contributed by atoms with E-state index in [0.29, 0.717) is 12.0 Å². The molecular weight excluding hydrogens is 210 g/mol. The number of aromatic carboxylic acids is 1. The van der Waals surface area contributed by atoms with Crippen LogP contribution in [0.4, 0.5) is 5.69 Å². The molecule has 0 aliphatic rings. The minimum Gasteiger partial charge on any atom is -0.478 e. The Morgan fingerprint density at radius 3 is 2.38 bits per heavy atom. The molecule has 16 heavy (non-hydrogen) atoms. The number of carbonyl (C=O) groups excluding carboxylic acids is 2. The van der Waals surface area contributed by atoms with E-state index in [9.17, 15) is 14.4 Å². The predicted molar refractivity (Wildman–Crippen MR) is 57.3 cm³/mol. The summed E-state index contributed by atoms with van der Waals surface area (Å²) in [4.78, 5) is 31.8. The van der Waals surface area contributed by atoms with Crippen molar-refractivity contribution >= 4 is 23.9 Å². The summed E-state index contributed by atoms with van der Waals surface area (Å²) in [5.74, 6) is -1.28. The molecule has 0 bridgehead atoms. The summed E-state index contributed by atoms with van der Waals surface area (Å²) in [5.41, 5.74) is 0.673. The van der Waals surface area contributed by atoms with Crippen molar-refractivity contribution in [1.82, 2.24) is 0 Å². The number of nitrogens with one attached hydrogen (secondary N) is 1. The number of hydrogen-bond acceptors (Lipinski definition) is 3. The fourth-order valence-electron chi connectivity index (χ4n) is 1.11. The van der Waals surface area contributed by atoms with Gasteiger partial charge in [0.1, 0.15) is 6.29 Å². The SMILES string of the molecule is O=CCCC(=O)Nc1ccc(C(=O)O)cc1. The maximum Gasteiger partial charge on any atom is 0.335 e. The van der Waals surface area contributed by atoms with Crippen molar-refractivity contribution < 1.29 is 19.5 Å². The Bertz CT molecular complexity index is 397. The van der Waals surface area contributed by atoms with Gasteiger partial charge in [0.05, 0.1) is 5.56 Å². The zero-order chi connectivity index (χ0) is 12.0. The molecule has 0 saturated carbocycles. The van der Waals surface area contributed by atoms with E-state index >= 15 is 0 Å². The van der Waals surface area contributed by atoms with E-state index in [1.54, 1.807) is 0 Å². The highest BCUT2D eigenvalue weighted by Gasteiger charge is 2.04. The molecule has 0 heterocycles.